The Labute approximate surface area is 343 Å². The van der Waals surface area contributed by atoms with Crippen molar-refractivity contribution in [3.63, 3.8) is 0 Å². The predicted molar refractivity (Wildman–Crippen MR) is 240 cm³/mol. The Hall–Kier alpha value is -0.983. The van der Waals surface area contributed by atoms with E-state index in [0.717, 1.165) is 0 Å². The van der Waals surface area contributed by atoms with Gasteiger partial charge in [-0.3, -0.25) is 0 Å². The van der Waals surface area contributed by atoms with Gasteiger partial charge < -0.3 is 13.3 Å². The highest BCUT2D eigenvalue weighted by molar-refractivity contribution is 9.10. The van der Waals surface area contributed by atoms with Crippen LogP contribution in [-0.2, 0) is 24.1 Å². The highest BCUT2D eigenvalue weighted by Gasteiger charge is 2.55. The van der Waals surface area contributed by atoms with Crippen molar-refractivity contribution < 1.29 is 13.3 Å². The van der Waals surface area contributed by atoms with Gasteiger partial charge in [-0.2, -0.15) is 0 Å². The molecule has 4 rings (SSSR count). The highest BCUT2D eigenvalue weighted by atomic mass is 79.9. The molecule has 0 aliphatic heterocycles. The maximum Gasteiger partial charge on any atom is 0.536 e. The molecule has 0 spiro atoms. The van der Waals surface area contributed by atoms with Crippen LogP contribution < -0.4 is 5.19 Å². The molecule has 3 nitrogen and oxygen atoms in total. The molecule has 0 amide bonds. The molecular formula is C49H81BrO3Si. The van der Waals surface area contributed by atoms with Crippen LogP contribution in [0.1, 0.15) is 230 Å². The minimum Gasteiger partial charge on any atom is -0.373 e. The first kappa shape index (κ1) is 45.7. The van der Waals surface area contributed by atoms with Crippen molar-refractivity contribution in [3.8, 4) is 11.1 Å². The highest BCUT2D eigenvalue weighted by Crippen LogP contribution is 2.65. The first-order valence-electron chi connectivity index (χ1n) is 23.1. The SMILES string of the molecule is CCCCCCCCC1(CCCCCCCC)c2cc(Br)cc3c2-c2c1cc([Si](OC)(OC)OC)cc2C3(CCCCCCCC)CCCCCCCC. The third-order valence-corrected chi connectivity index (χ3v) is 16.6. The van der Waals surface area contributed by atoms with E-state index >= 15 is 0 Å². The number of halogens is 1. The lowest BCUT2D eigenvalue weighted by atomic mass is 9.65. The fourth-order valence-electron chi connectivity index (χ4n) is 10.5. The molecule has 0 fully saturated rings. The molecule has 0 aromatic heterocycles. The Morgan fingerprint density at radius 1 is 0.407 bits per heavy atom. The summed E-state index contributed by atoms with van der Waals surface area (Å²) in [5.74, 6) is 0. The van der Waals surface area contributed by atoms with E-state index in [2.05, 4.69) is 67.9 Å². The van der Waals surface area contributed by atoms with Crippen molar-refractivity contribution >= 4 is 29.9 Å². The number of benzene rings is 2. The van der Waals surface area contributed by atoms with Crippen LogP contribution in [-0.4, -0.2) is 30.1 Å². The van der Waals surface area contributed by atoms with Crippen LogP contribution in [0.3, 0.4) is 0 Å². The van der Waals surface area contributed by atoms with Crippen LogP contribution >= 0.6 is 15.9 Å². The van der Waals surface area contributed by atoms with Crippen molar-refractivity contribution in [2.75, 3.05) is 21.3 Å². The zero-order valence-corrected chi connectivity index (χ0v) is 38.8. The van der Waals surface area contributed by atoms with Crippen molar-refractivity contribution in [1.29, 1.82) is 0 Å². The lowest BCUT2D eigenvalue weighted by Crippen LogP contribution is -2.55. The Morgan fingerprint density at radius 3 is 0.944 bits per heavy atom. The summed E-state index contributed by atoms with van der Waals surface area (Å²) >= 11 is 4.17. The van der Waals surface area contributed by atoms with Gasteiger partial charge in [-0.15, -0.1) is 0 Å². The third-order valence-electron chi connectivity index (χ3n) is 13.5. The second-order valence-electron chi connectivity index (χ2n) is 17.2. The van der Waals surface area contributed by atoms with E-state index in [1.807, 2.05) is 0 Å². The molecule has 0 saturated carbocycles. The van der Waals surface area contributed by atoms with E-state index in [1.54, 1.807) is 54.7 Å². The molecule has 306 valence electrons. The fourth-order valence-corrected chi connectivity index (χ4v) is 12.8. The van der Waals surface area contributed by atoms with Crippen LogP contribution in [0.5, 0.6) is 0 Å². The van der Waals surface area contributed by atoms with E-state index < -0.39 is 8.80 Å². The quantitative estimate of drug-likeness (QED) is 0.0543. The largest absolute Gasteiger partial charge is 0.536 e. The summed E-state index contributed by atoms with van der Waals surface area (Å²) in [7, 11) is 2.29. The number of unbranched alkanes of at least 4 members (excludes halogenated alkanes) is 20. The minimum absolute atomic E-state index is 0.00526. The van der Waals surface area contributed by atoms with Crippen molar-refractivity contribution in [1.82, 2.24) is 0 Å². The molecule has 2 aromatic carbocycles. The number of hydrogen-bond donors (Lipinski definition) is 0. The molecule has 0 saturated heterocycles. The van der Waals surface area contributed by atoms with E-state index in [4.69, 9.17) is 13.3 Å². The molecule has 5 heteroatoms. The zero-order valence-electron chi connectivity index (χ0n) is 36.2. The van der Waals surface area contributed by atoms with Crippen LogP contribution in [0.15, 0.2) is 28.7 Å². The second-order valence-corrected chi connectivity index (χ2v) is 21.1. The van der Waals surface area contributed by atoms with Gasteiger partial charge in [0.2, 0.25) is 0 Å². The summed E-state index contributed by atoms with van der Waals surface area (Å²) in [4.78, 5) is 0. The van der Waals surface area contributed by atoms with Gasteiger partial charge in [-0.25, -0.2) is 0 Å². The standard InChI is InChI=1S/C49H81BrO3Si/c1-8-12-16-20-24-28-32-48(33-29-25-21-17-13-9-2)42-36-40(50)37-43-46(42)47-44(48)38-41(54(51-5,52-6)53-7)39-45(47)49(43,34-30-26-22-18-14-10-3)35-31-27-23-19-15-11-4/h36-39H,8-35H2,1-7H3. The Bertz CT molecular complexity index is 1260. The minimum atomic E-state index is -3.12. The van der Waals surface area contributed by atoms with Crippen LogP contribution in [0.4, 0.5) is 0 Å². The van der Waals surface area contributed by atoms with Gasteiger partial charge in [0, 0.05) is 41.8 Å². The molecule has 0 radical (unpaired) electrons. The van der Waals surface area contributed by atoms with Gasteiger partial charge in [-0.1, -0.05) is 210 Å². The third kappa shape index (κ3) is 10.5. The topological polar surface area (TPSA) is 27.7 Å². The molecule has 2 aliphatic carbocycles. The van der Waals surface area contributed by atoms with Gasteiger partial charge in [0.1, 0.15) is 0 Å². The normalized spacial score (nSPS) is 15.0. The van der Waals surface area contributed by atoms with Crippen molar-refractivity contribution in [2.45, 2.75) is 218 Å². The van der Waals surface area contributed by atoms with Crippen LogP contribution in [0, 0.1) is 0 Å². The molecule has 2 aliphatic rings. The first-order valence-corrected chi connectivity index (χ1v) is 25.6. The number of rotatable bonds is 32. The van der Waals surface area contributed by atoms with Gasteiger partial charge in [-0.05, 0) is 71.2 Å². The molecule has 2 aromatic rings. The van der Waals surface area contributed by atoms with E-state index in [1.165, 1.54) is 189 Å². The summed E-state index contributed by atoms with van der Waals surface area (Å²) in [6.45, 7) is 9.31. The summed E-state index contributed by atoms with van der Waals surface area (Å²) in [5, 5.41) is 1.17. The maximum absolute atomic E-state index is 6.33. The Morgan fingerprint density at radius 2 is 0.667 bits per heavy atom. The summed E-state index contributed by atoms with van der Waals surface area (Å²) in [5.41, 5.74) is 9.60. The van der Waals surface area contributed by atoms with Crippen LogP contribution in [0.2, 0.25) is 0 Å². The van der Waals surface area contributed by atoms with Crippen LogP contribution in [0.25, 0.3) is 11.1 Å². The van der Waals surface area contributed by atoms with E-state index in [9.17, 15) is 0 Å². The molecule has 54 heavy (non-hydrogen) atoms. The smallest absolute Gasteiger partial charge is 0.373 e. The predicted octanol–water partition coefficient (Wildman–Crippen LogP) is 15.4. The summed E-state index contributed by atoms with van der Waals surface area (Å²) in [6, 6.07) is 10.2. The van der Waals surface area contributed by atoms with Crippen molar-refractivity contribution in [2.24, 2.45) is 0 Å². The van der Waals surface area contributed by atoms with Gasteiger partial charge in [0.05, 0.1) is 0 Å². The first-order chi connectivity index (χ1) is 26.4. The summed E-state index contributed by atoms with van der Waals surface area (Å²) < 4.78 is 20.3. The van der Waals surface area contributed by atoms with Gasteiger partial charge >= 0.3 is 8.80 Å². The van der Waals surface area contributed by atoms with E-state index in [-0.39, 0.29) is 10.8 Å². The van der Waals surface area contributed by atoms with Gasteiger partial charge in [0.15, 0.2) is 0 Å². The Balaban J connectivity index is 1.89. The maximum atomic E-state index is 6.33. The fraction of sp³-hybridized carbons (Fsp3) is 0.755. The van der Waals surface area contributed by atoms with Gasteiger partial charge in [0.25, 0.3) is 0 Å². The molecule has 0 N–H and O–H groups in total. The number of hydrogen-bond acceptors (Lipinski definition) is 3. The zero-order chi connectivity index (χ0) is 38.9. The lowest BCUT2D eigenvalue weighted by molar-refractivity contribution is 0.140. The average molecular weight is 826 g/mol. The molecule has 0 atom stereocenters. The lowest BCUT2D eigenvalue weighted by Gasteiger charge is -2.39. The summed E-state index contributed by atoms with van der Waals surface area (Å²) in [6.07, 6.45) is 36.8. The van der Waals surface area contributed by atoms with E-state index in [0.29, 0.717) is 0 Å². The molecule has 0 bridgehead atoms. The molecule has 0 heterocycles. The second kappa shape index (κ2) is 23.4. The monoisotopic (exact) mass is 825 g/mol. The Kier molecular flexibility index (Phi) is 19.8. The average Bonchev–Trinajstić information content (AvgIpc) is 3.61. The molecular weight excluding hydrogens is 745 g/mol. The van der Waals surface area contributed by atoms with Crippen molar-refractivity contribution in [3.05, 3.63) is 51.0 Å². The molecule has 0 unspecified atom stereocenters.